The summed E-state index contributed by atoms with van der Waals surface area (Å²) in [7, 11) is 1.84. The lowest BCUT2D eigenvalue weighted by Crippen LogP contribution is -2.41. The van der Waals surface area contributed by atoms with Crippen molar-refractivity contribution in [2.24, 2.45) is 11.8 Å². The van der Waals surface area contributed by atoms with Crippen molar-refractivity contribution in [3.8, 4) is 6.07 Å². The highest BCUT2D eigenvalue weighted by Crippen LogP contribution is 2.04. The van der Waals surface area contributed by atoms with Crippen molar-refractivity contribution in [2.75, 3.05) is 26.7 Å². The normalized spacial score (nSPS) is 13.5. The van der Waals surface area contributed by atoms with E-state index in [1.165, 1.54) is 0 Å². The van der Waals surface area contributed by atoms with Gasteiger partial charge in [-0.3, -0.25) is 0 Å². The Hall–Kier alpha value is -0.590. The van der Waals surface area contributed by atoms with Crippen molar-refractivity contribution >= 4 is 0 Å². The summed E-state index contributed by atoms with van der Waals surface area (Å²) < 4.78 is 0. The van der Waals surface area contributed by atoms with Crippen LogP contribution in [0.4, 0.5) is 0 Å². The molecule has 0 amide bonds. The van der Waals surface area contributed by atoms with E-state index in [1.54, 1.807) is 0 Å². The minimum atomic E-state index is -0.0532. The lowest BCUT2D eigenvalue weighted by Gasteiger charge is -2.27. The zero-order chi connectivity index (χ0) is 11.8. The highest BCUT2D eigenvalue weighted by Gasteiger charge is 2.14. The smallest absolute Gasteiger partial charge is 0.108 e. The molecule has 88 valence electrons. The maximum absolute atomic E-state index is 8.90. The van der Waals surface area contributed by atoms with Crippen LogP contribution in [-0.2, 0) is 0 Å². The Morgan fingerprint density at radius 3 is 1.80 bits per heavy atom. The van der Waals surface area contributed by atoms with Crippen LogP contribution >= 0.6 is 0 Å². The Morgan fingerprint density at radius 1 is 1.07 bits per heavy atom. The van der Waals surface area contributed by atoms with Gasteiger partial charge in [0.1, 0.15) is 6.04 Å². The average Bonchev–Trinajstić information content (AvgIpc) is 2.11. The topological polar surface area (TPSA) is 39.1 Å². The van der Waals surface area contributed by atoms with E-state index in [1.807, 2.05) is 7.05 Å². The maximum atomic E-state index is 8.90. The third-order valence-corrected chi connectivity index (χ3v) is 2.19. The molecule has 0 fully saturated rings. The first-order valence-corrected chi connectivity index (χ1v) is 5.78. The molecule has 1 N–H and O–H groups in total. The summed E-state index contributed by atoms with van der Waals surface area (Å²) in [6, 6.07) is 2.22. The van der Waals surface area contributed by atoms with Crippen LogP contribution in [0.3, 0.4) is 0 Å². The van der Waals surface area contributed by atoms with Gasteiger partial charge in [0.05, 0.1) is 6.07 Å². The van der Waals surface area contributed by atoms with Crippen molar-refractivity contribution in [3.63, 3.8) is 0 Å². The molecule has 0 aliphatic rings. The molecule has 0 bridgehead atoms. The van der Waals surface area contributed by atoms with Crippen LogP contribution in [0.25, 0.3) is 0 Å². The number of hydrogen-bond donors (Lipinski definition) is 1. The van der Waals surface area contributed by atoms with Crippen LogP contribution < -0.4 is 5.32 Å². The molecule has 0 aromatic heterocycles. The minimum absolute atomic E-state index is 0.0532. The van der Waals surface area contributed by atoms with Crippen molar-refractivity contribution in [2.45, 2.75) is 33.7 Å². The van der Waals surface area contributed by atoms with Crippen LogP contribution in [-0.4, -0.2) is 37.6 Å². The molecule has 0 radical (unpaired) electrons. The van der Waals surface area contributed by atoms with Gasteiger partial charge in [0.15, 0.2) is 0 Å². The second-order valence-electron chi connectivity index (χ2n) is 4.98. The molecule has 0 spiro atoms. The molecule has 1 unspecified atom stereocenters. The molecule has 0 aromatic carbocycles. The number of rotatable bonds is 7. The molecule has 3 nitrogen and oxygen atoms in total. The maximum Gasteiger partial charge on any atom is 0.108 e. The third-order valence-electron chi connectivity index (χ3n) is 2.19. The van der Waals surface area contributed by atoms with Gasteiger partial charge in [-0.2, -0.15) is 5.26 Å². The summed E-state index contributed by atoms with van der Waals surface area (Å²) in [5.41, 5.74) is 0. The molecular formula is C12H25N3. The van der Waals surface area contributed by atoms with Gasteiger partial charge in [0, 0.05) is 19.6 Å². The fraction of sp³-hybridized carbons (Fsp3) is 0.917. The molecule has 0 saturated carbocycles. The molecule has 0 aromatic rings. The lowest BCUT2D eigenvalue weighted by atomic mass is 10.1. The van der Waals surface area contributed by atoms with Crippen LogP contribution in [0.2, 0.25) is 0 Å². The van der Waals surface area contributed by atoms with Gasteiger partial charge in [-0.25, -0.2) is 0 Å². The molecule has 0 heterocycles. The monoisotopic (exact) mass is 211 g/mol. The van der Waals surface area contributed by atoms with E-state index in [-0.39, 0.29) is 6.04 Å². The zero-order valence-corrected chi connectivity index (χ0v) is 10.7. The second kappa shape index (κ2) is 7.67. The standard InChI is InChI=1S/C12H25N3/c1-10(2)7-15(8-11(3)4)9-12(6-13)14-5/h10-12,14H,7-9H2,1-5H3. The summed E-state index contributed by atoms with van der Waals surface area (Å²) in [6.07, 6.45) is 0. The van der Waals surface area contributed by atoms with Gasteiger partial charge in [-0.1, -0.05) is 27.7 Å². The number of nitrogens with one attached hydrogen (secondary N) is 1. The van der Waals surface area contributed by atoms with Gasteiger partial charge in [0.2, 0.25) is 0 Å². The zero-order valence-electron chi connectivity index (χ0n) is 10.7. The summed E-state index contributed by atoms with van der Waals surface area (Å²) in [4.78, 5) is 2.37. The van der Waals surface area contributed by atoms with E-state index < -0.39 is 0 Å². The first-order valence-electron chi connectivity index (χ1n) is 5.78. The predicted molar refractivity (Wildman–Crippen MR) is 64.6 cm³/mol. The predicted octanol–water partition coefficient (Wildman–Crippen LogP) is 1.71. The quantitative estimate of drug-likeness (QED) is 0.697. The largest absolute Gasteiger partial charge is 0.304 e. The molecule has 0 rings (SSSR count). The summed E-state index contributed by atoms with van der Waals surface area (Å²) >= 11 is 0. The highest BCUT2D eigenvalue weighted by atomic mass is 15.1. The number of nitrogens with zero attached hydrogens (tertiary/aromatic N) is 2. The average molecular weight is 211 g/mol. The van der Waals surface area contributed by atoms with Gasteiger partial charge in [-0.15, -0.1) is 0 Å². The molecule has 0 aliphatic carbocycles. The molecule has 0 aliphatic heterocycles. The molecule has 15 heavy (non-hydrogen) atoms. The van der Waals surface area contributed by atoms with Crippen LogP contribution in [0.15, 0.2) is 0 Å². The Balaban J connectivity index is 4.17. The van der Waals surface area contributed by atoms with E-state index in [2.05, 4.69) is 44.0 Å². The highest BCUT2D eigenvalue weighted by molar-refractivity contribution is 4.91. The van der Waals surface area contributed by atoms with Gasteiger partial charge < -0.3 is 10.2 Å². The van der Waals surface area contributed by atoms with Gasteiger partial charge in [-0.05, 0) is 18.9 Å². The van der Waals surface area contributed by atoms with Crippen LogP contribution in [0, 0.1) is 23.2 Å². The van der Waals surface area contributed by atoms with E-state index in [9.17, 15) is 0 Å². The summed E-state index contributed by atoms with van der Waals surface area (Å²) in [5.74, 6) is 1.31. The Bertz CT molecular complexity index is 184. The fourth-order valence-electron chi connectivity index (χ4n) is 1.71. The fourth-order valence-corrected chi connectivity index (χ4v) is 1.71. The van der Waals surface area contributed by atoms with Gasteiger partial charge in [0.25, 0.3) is 0 Å². The Kier molecular flexibility index (Phi) is 7.37. The van der Waals surface area contributed by atoms with Gasteiger partial charge >= 0.3 is 0 Å². The summed E-state index contributed by atoms with van der Waals surface area (Å²) in [6.45, 7) is 11.8. The van der Waals surface area contributed by atoms with Crippen molar-refractivity contribution in [3.05, 3.63) is 0 Å². The minimum Gasteiger partial charge on any atom is -0.304 e. The Labute approximate surface area is 94.5 Å². The van der Waals surface area contributed by atoms with E-state index in [0.717, 1.165) is 19.6 Å². The molecule has 1 atom stereocenters. The Morgan fingerprint density at radius 2 is 1.53 bits per heavy atom. The second-order valence-corrected chi connectivity index (χ2v) is 4.98. The van der Waals surface area contributed by atoms with Crippen molar-refractivity contribution < 1.29 is 0 Å². The van der Waals surface area contributed by atoms with E-state index in [4.69, 9.17) is 5.26 Å². The van der Waals surface area contributed by atoms with Crippen LogP contribution in [0.1, 0.15) is 27.7 Å². The van der Waals surface area contributed by atoms with Crippen molar-refractivity contribution in [1.29, 1.82) is 5.26 Å². The van der Waals surface area contributed by atoms with Crippen LogP contribution in [0.5, 0.6) is 0 Å². The van der Waals surface area contributed by atoms with E-state index in [0.29, 0.717) is 11.8 Å². The third kappa shape index (κ3) is 7.35. The first kappa shape index (κ1) is 14.4. The number of nitriles is 1. The lowest BCUT2D eigenvalue weighted by molar-refractivity contribution is 0.210. The van der Waals surface area contributed by atoms with Crippen molar-refractivity contribution in [1.82, 2.24) is 10.2 Å². The first-order chi connectivity index (χ1) is 6.99. The van der Waals surface area contributed by atoms with E-state index >= 15 is 0 Å². The molecule has 3 heteroatoms. The number of likely N-dealkylation sites (N-methyl/N-ethyl adjacent to an activating group) is 1. The summed E-state index contributed by atoms with van der Waals surface area (Å²) in [5, 5.41) is 11.9. The SMILES string of the molecule is CNC(C#N)CN(CC(C)C)CC(C)C. The molecular weight excluding hydrogens is 186 g/mol. The molecule has 0 saturated heterocycles. The number of hydrogen-bond acceptors (Lipinski definition) is 3.